The molecular weight excluding hydrogens is 321 g/mol. The van der Waals surface area contributed by atoms with Crippen LogP contribution in [0, 0.1) is 5.82 Å². The maximum atomic E-state index is 13.0. The highest BCUT2D eigenvalue weighted by Crippen LogP contribution is 2.18. The third-order valence-electron chi connectivity index (χ3n) is 3.81. The fraction of sp³-hybridized carbons (Fsp3) is 0.150. The SMILES string of the molecule is CC(NC(=O)c1occc1COc1ccccc1)c1ccc(F)cc1. The van der Waals surface area contributed by atoms with Crippen LogP contribution in [-0.2, 0) is 6.61 Å². The molecule has 3 rings (SSSR count). The van der Waals surface area contributed by atoms with Gasteiger partial charge in [0, 0.05) is 5.56 Å². The maximum Gasteiger partial charge on any atom is 0.287 e. The van der Waals surface area contributed by atoms with E-state index in [0.29, 0.717) is 5.56 Å². The average Bonchev–Trinajstić information content (AvgIpc) is 3.10. The quantitative estimate of drug-likeness (QED) is 0.720. The summed E-state index contributed by atoms with van der Waals surface area (Å²) in [7, 11) is 0. The molecule has 1 heterocycles. The number of para-hydroxylation sites is 1. The highest BCUT2D eigenvalue weighted by Gasteiger charge is 2.18. The summed E-state index contributed by atoms with van der Waals surface area (Å²) < 4.78 is 24.0. The van der Waals surface area contributed by atoms with Crippen molar-refractivity contribution >= 4 is 5.91 Å². The van der Waals surface area contributed by atoms with Crippen LogP contribution < -0.4 is 10.1 Å². The highest BCUT2D eigenvalue weighted by atomic mass is 19.1. The van der Waals surface area contributed by atoms with Crippen molar-refractivity contribution in [3.05, 3.63) is 89.6 Å². The molecule has 3 aromatic rings. The molecule has 25 heavy (non-hydrogen) atoms. The van der Waals surface area contributed by atoms with Crippen molar-refractivity contribution in [2.45, 2.75) is 19.6 Å². The van der Waals surface area contributed by atoms with E-state index in [1.807, 2.05) is 37.3 Å². The van der Waals surface area contributed by atoms with Gasteiger partial charge in [-0.15, -0.1) is 0 Å². The van der Waals surface area contributed by atoms with E-state index in [0.717, 1.165) is 11.3 Å². The Labute approximate surface area is 145 Å². The van der Waals surface area contributed by atoms with Crippen molar-refractivity contribution in [3.63, 3.8) is 0 Å². The van der Waals surface area contributed by atoms with Crippen molar-refractivity contribution in [2.75, 3.05) is 0 Å². The summed E-state index contributed by atoms with van der Waals surface area (Å²) in [5, 5.41) is 2.85. The Morgan fingerprint density at radius 2 is 1.84 bits per heavy atom. The van der Waals surface area contributed by atoms with Crippen LogP contribution in [0.4, 0.5) is 4.39 Å². The summed E-state index contributed by atoms with van der Waals surface area (Å²) in [6, 6.07) is 16.8. The monoisotopic (exact) mass is 339 g/mol. The van der Waals surface area contributed by atoms with Gasteiger partial charge in [-0.05, 0) is 42.8 Å². The third kappa shape index (κ3) is 4.26. The molecule has 0 saturated heterocycles. The molecule has 4 nitrogen and oxygen atoms in total. The number of hydrogen-bond donors (Lipinski definition) is 1. The number of benzene rings is 2. The van der Waals surface area contributed by atoms with Gasteiger partial charge in [-0.2, -0.15) is 0 Å². The van der Waals surface area contributed by atoms with Crippen LogP contribution in [-0.4, -0.2) is 5.91 Å². The fourth-order valence-corrected chi connectivity index (χ4v) is 2.42. The van der Waals surface area contributed by atoms with Crippen LogP contribution in [0.2, 0.25) is 0 Å². The maximum absolute atomic E-state index is 13.0. The molecular formula is C20H18FNO3. The predicted octanol–water partition coefficient (Wildman–Crippen LogP) is 4.49. The standard InChI is InChI=1S/C20H18FNO3/c1-14(15-7-9-17(21)10-8-15)22-20(23)19-16(11-12-24-19)13-25-18-5-3-2-4-6-18/h2-12,14H,13H2,1H3,(H,22,23). The normalized spacial score (nSPS) is 11.8. The lowest BCUT2D eigenvalue weighted by Gasteiger charge is -2.14. The molecule has 1 N–H and O–H groups in total. The summed E-state index contributed by atoms with van der Waals surface area (Å²) in [4.78, 5) is 12.5. The molecule has 0 radical (unpaired) electrons. The molecule has 0 aliphatic carbocycles. The van der Waals surface area contributed by atoms with Gasteiger partial charge in [-0.1, -0.05) is 30.3 Å². The number of carbonyl (C=O) groups is 1. The Bertz CT molecular complexity index is 828. The second-order valence-corrected chi connectivity index (χ2v) is 5.62. The van der Waals surface area contributed by atoms with Crippen LogP contribution in [0.25, 0.3) is 0 Å². The van der Waals surface area contributed by atoms with Gasteiger partial charge in [-0.25, -0.2) is 4.39 Å². The van der Waals surface area contributed by atoms with Crippen molar-refractivity contribution in [1.82, 2.24) is 5.32 Å². The van der Waals surface area contributed by atoms with E-state index in [1.54, 1.807) is 18.2 Å². The van der Waals surface area contributed by atoms with E-state index < -0.39 is 0 Å². The molecule has 128 valence electrons. The zero-order valence-corrected chi connectivity index (χ0v) is 13.7. The van der Waals surface area contributed by atoms with Crippen LogP contribution in [0.15, 0.2) is 71.3 Å². The lowest BCUT2D eigenvalue weighted by Crippen LogP contribution is -2.27. The first-order valence-corrected chi connectivity index (χ1v) is 7.94. The van der Waals surface area contributed by atoms with Gasteiger partial charge in [0.05, 0.1) is 12.3 Å². The van der Waals surface area contributed by atoms with Crippen LogP contribution in [0.3, 0.4) is 0 Å². The predicted molar refractivity (Wildman–Crippen MR) is 91.8 cm³/mol. The highest BCUT2D eigenvalue weighted by molar-refractivity contribution is 5.93. The largest absolute Gasteiger partial charge is 0.489 e. The molecule has 2 aromatic carbocycles. The molecule has 1 amide bonds. The molecule has 0 fully saturated rings. The number of amides is 1. The lowest BCUT2D eigenvalue weighted by atomic mass is 10.1. The van der Waals surface area contributed by atoms with Gasteiger partial charge in [0.1, 0.15) is 18.2 Å². The molecule has 0 bridgehead atoms. The second kappa shape index (κ2) is 7.66. The molecule has 0 spiro atoms. The van der Waals surface area contributed by atoms with Crippen molar-refractivity contribution < 1.29 is 18.3 Å². The minimum Gasteiger partial charge on any atom is -0.489 e. The minimum atomic E-state index is -0.339. The van der Waals surface area contributed by atoms with E-state index in [2.05, 4.69) is 5.32 Å². The second-order valence-electron chi connectivity index (χ2n) is 5.62. The van der Waals surface area contributed by atoms with Crippen molar-refractivity contribution in [3.8, 4) is 5.75 Å². The number of furan rings is 1. The lowest BCUT2D eigenvalue weighted by molar-refractivity contribution is 0.0908. The van der Waals surface area contributed by atoms with Gasteiger partial charge in [-0.3, -0.25) is 4.79 Å². The van der Waals surface area contributed by atoms with Gasteiger partial charge < -0.3 is 14.5 Å². The average molecular weight is 339 g/mol. The van der Waals surface area contributed by atoms with Crippen LogP contribution in [0.5, 0.6) is 5.75 Å². The first-order valence-electron chi connectivity index (χ1n) is 7.94. The van der Waals surface area contributed by atoms with Gasteiger partial charge in [0.15, 0.2) is 5.76 Å². The smallest absolute Gasteiger partial charge is 0.287 e. The van der Waals surface area contributed by atoms with Crippen molar-refractivity contribution in [1.29, 1.82) is 0 Å². The number of hydrogen-bond acceptors (Lipinski definition) is 3. The van der Waals surface area contributed by atoms with Crippen LogP contribution >= 0.6 is 0 Å². The summed E-state index contributed by atoms with van der Waals surface area (Å²) in [5.74, 6) is 0.279. The fourth-order valence-electron chi connectivity index (χ4n) is 2.42. The molecule has 1 aromatic heterocycles. The Morgan fingerprint density at radius 3 is 2.56 bits per heavy atom. The molecule has 1 atom stereocenters. The summed E-state index contributed by atoms with van der Waals surface area (Å²) in [5.41, 5.74) is 1.47. The summed E-state index contributed by atoms with van der Waals surface area (Å²) in [6.07, 6.45) is 1.46. The molecule has 0 aliphatic heterocycles. The Hall–Kier alpha value is -3.08. The summed E-state index contributed by atoms with van der Waals surface area (Å²) >= 11 is 0. The van der Waals surface area contributed by atoms with Gasteiger partial charge in [0.25, 0.3) is 5.91 Å². The Balaban J connectivity index is 1.64. The first-order chi connectivity index (χ1) is 12.1. The van der Waals surface area contributed by atoms with Gasteiger partial charge >= 0.3 is 0 Å². The van der Waals surface area contributed by atoms with Crippen LogP contribution in [0.1, 0.15) is 34.6 Å². The van der Waals surface area contributed by atoms with E-state index >= 15 is 0 Å². The van der Waals surface area contributed by atoms with Crippen molar-refractivity contribution in [2.24, 2.45) is 0 Å². The first kappa shape index (κ1) is 16.8. The number of halogens is 1. The number of carbonyl (C=O) groups excluding carboxylic acids is 1. The number of ether oxygens (including phenoxy) is 1. The molecule has 1 unspecified atom stereocenters. The summed E-state index contributed by atoms with van der Waals surface area (Å²) in [6.45, 7) is 2.06. The third-order valence-corrected chi connectivity index (χ3v) is 3.81. The van der Waals surface area contributed by atoms with E-state index in [9.17, 15) is 9.18 Å². The Morgan fingerprint density at radius 1 is 1.12 bits per heavy atom. The zero-order valence-electron chi connectivity index (χ0n) is 13.7. The molecule has 5 heteroatoms. The molecule has 0 aliphatic rings. The van der Waals surface area contributed by atoms with Gasteiger partial charge in [0.2, 0.25) is 0 Å². The number of rotatable bonds is 6. The zero-order chi connectivity index (χ0) is 17.6. The number of nitrogens with one attached hydrogen (secondary N) is 1. The Kier molecular flexibility index (Phi) is 5.14. The minimum absolute atomic E-state index is 0.213. The molecule has 0 saturated carbocycles. The van der Waals surface area contributed by atoms with E-state index in [1.165, 1.54) is 18.4 Å². The topological polar surface area (TPSA) is 51.5 Å². The van der Waals surface area contributed by atoms with E-state index in [4.69, 9.17) is 9.15 Å². The van der Waals surface area contributed by atoms with E-state index in [-0.39, 0.29) is 30.1 Å².